The summed E-state index contributed by atoms with van der Waals surface area (Å²) < 4.78 is 13.5. The summed E-state index contributed by atoms with van der Waals surface area (Å²) >= 11 is 0. The fourth-order valence-electron chi connectivity index (χ4n) is 4.17. The number of hydrogen-bond donors (Lipinski definition) is 1. The number of hydrazone groups is 1. The summed E-state index contributed by atoms with van der Waals surface area (Å²) in [5.74, 6) is -0.322. The van der Waals surface area contributed by atoms with E-state index in [-0.39, 0.29) is 28.4 Å². The molecular weight excluding hydrogens is 371 g/mol. The van der Waals surface area contributed by atoms with Crippen LogP contribution in [0.15, 0.2) is 77.9 Å². The zero-order chi connectivity index (χ0) is 20.0. The van der Waals surface area contributed by atoms with Gasteiger partial charge in [-0.15, -0.1) is 0 Å². The van der Waals surface area contributed by atoms with Crippen LogP contribution in [-0.2, 0) is 0 Å². The van der Waals surface area contributed by atoms with E-state index in [2.05, 4.69) is 5.32 Å². The second-order valence-corrected chi connectivity index (χ2v) is 7.11. The summed E-state index contributed by atoms with van der Waals surface area (Å²) in [7, 11) is 0. The second kappa shape index (κ2) is 6.70. The Morgan fingerprint density at radius 2 is 1.79 bits per heavy atom. The third kappa shape index (κ3) is 2.82. The molecule has 2 unspecified atom stereocenters. The van der Waals surface area contributed by atoms with Gasteiger partial charge < -0.3 is 5.32 Å². The summed E-state index contributed by atoms with van der Waals surface area (Å²) in [6, 6.07) is 21.1. The molecule has 144 valence electrons. The molecule has 0 spiro atoms. The van der Waals surface area contributed by atoms with Crippen LogP contribution in [0.1, 0.15) is 17.2 Å². The van der Waals surface area contributed by atoms with Crippen molar-refractivity contribution in [3.63, 3.8) is 0 Å². The molecule has 3 aromatic rings. The van der Waals surface area contributed by atoms with Crippen LogP contribution in [0.2, 0.25) is 0 Å². The van der Waals surface area contributed by atoms with Crippen LogP contribution in [-0.4, -0.2) is 17.2 Å². The van der Waals surface area contributed by atoms with E-state index < -0.39 is 0 Å². The van der Waals surface area contributed by atoms with E-state index in [0.29, 0.717) is 12.2 Å². The number of para-hydroxylation sites is 2. The highest BCUT2D eigenvalue weighted by Gasteiger charge is 2.43. The Morgan fingerprint density at radius 1 is 1.03 bits per heavy atom. The smallest absolute Gasteiger partial charge is 0.293 e. The molecule has 1 N–H and O–H groups in total. The number of nitrogens with zero attached hydrogens (tertiary/aromatic N) is 3. The van der Waals surface area contributed by atoms with Gasteiger partial charge in [-0.1, -0.05) is 42.5 Å². The molecule has 2 aliphatic heterocycles. The van der Waals surface area contributed by atoms with E-state index >= 15 is 0 Å². The van der Waals surface area contributed by atoms with Crippen molar-refractivity contribution >= 4 is 22.8 Å². The number of fused-ring (bicyclic) bond motifs is 3. The molecule has 0 aromatic heterocycles. The van der Waals surface area contributed by atoms with E-state index in [1.165, 1.54) is 18.2 Å². The number of benzene rings is 3. The van der Waals surface area contributed by atoms with Gasteiger partial charge in [0.2, 0.25) is 0 Å². The Morgan fingerprint density at radius 3 is 2.52 bits per heavy atom. The molecule has 0 saturated carbocycles. The van der Waals surface area contributed by atoms with Crippen LogP contribution in [0.5, 0.6) is 0 Å². The summed E-state index contributed by atoms with van der Waals surface area (Å²) in [6.45, 7) is 0.502. The highest BCUT2D eigenvalue weighted by Crippen LogP contribution is 2.45. The zero-order valence-electron chi connectivity index (χ0n) is 15.3. The van der Waals surface area contributed by atoms with Crippen LogP contribution in [0, 0.1) is 21.8 Å². The Balaban J connectivity index is 1.66. The van der Waals surface area contributed by atoms with E-state index in [1.54, 1.807) is 18.2 Å². The van der Waals surface area contributed by atoms with Crippen molar-refractivity contribution in [3.8, 4) is 0 Å². The van der Waals surface area contributed by atoms with Gasteiger partial charge in [-0.25, -0.2) is 4.39 Å². The van der Waals surface area contributed by atoms with Gasteiger partial charge in [0, 0.05) is 24.1 Å². The van der Waals surface area contributed by atoms with Crippen LogP contribution in [0.3, 0.4) is 0 Å². The molecule has 2 atom stereocenters. The van der Waals surface area contributed by atoms with Gasteiger partial charge in [0.1, 0.15) is 11.5 Å². The fourth-order valence-corrected chi connectivity index (χ4v) is 4.17. The standard InChI is InChI=1S/C22H17FN4O2/c23-15-11-9-14(10-12-15)22-18-13-24-21-17(7-4-8-19(21)27(28)29)20(18)25-26(22)16-5-2-1-3-6-16/h1-12,18,22,24H,13H2. The van der Waals surface area contributed by atoms with E-state index in [1.807, 2.05) is 41.4 Å². The first-order valence-electron chi connectivity index (χ1n) is 9.33. The Labute approximate surface area is 166 Å². The molecule has 6 nitrogen and oxygen atoms in total. The van der Waals surface area contributed by atoms with Crippen LogP contribution in [0.25, 0.3) is 0 Å². The minimum absolute atomic E-state index is 0.0322. The van der Waals surface area contributed by atoms with Gasteiger partial charge in [-0.2, -0.15) is 5.10 Å². The molecule has 0 amide bonds. The van der Waals surface area contributed by atoms with Crippen molar-refractivity contribution in [1.82, 2.24) is 0 Å². The second-order valence-electron chi connectivity index (χ2n) is 7.11. The third-order valence-electron chi connectivity index (χ3n) is 5.46. The molecule has 2 heterocycles. The molecule has 0 saturated heterocycles. The maximum Gasteiger partial charge on any atom is 0.293 e. The maximum atomic E-state index is 13.5. The van der Waals surface area contributed by atoms with Crippen molar-refractivity contribution in [2.75, 3.05) is 16.9 Å². The third-order valence-corrected chi connectivity index (χ3v) is 5.46. The fraction of sp³-hybridized carbons (Fsp3) is 0.136. The molecule has 0 radical (unpaired) electrons. The highest BCUT2D eigenvalue weighted by molar-refractivity contribution is 6.12. The van der Waals surface area contributed by atoms with Gasteiger partial charge in [0.05, 0.1) is 22.4 Å². The normalized spacial score (nSPS) is 19.8. The lowest BCUT2D eigenvalue weighted by Crippen LogP contribution is -2.34. The van der Waals surface area contributed by atoms with Gasteiger partial charge in [0.25, 0.3) is 5.69 Å². The summed E-state index contributed by atoms with van der Waals surface area (Å²) in [6.07, 6.45) is 0. The van der Waals surface area contributed by atoms with Gasteiger partial charge in [-0.05, 0) is 29.8 Å². The molecule has 0 fully saturated rings. The number of halogens is 1. The van der Waals surface area contributed by atoms with Gasteiger partial charge in [-0.3, -0.25) is 15.1 Å². The number of anilines is 2. The van der Waals surface area contributed by atoms with Crippen LogP contribution in [0.4, 0.5) is 21.5 Å². The lowest BCUT2D eigenvalue weighted by molar-refractivity contribution is -0.384. The van der Waals surface area contributed by atoms with Crippen LogP contribution < -0.4 is 10.3 Å². The van der Waals surface area contributed by atoms with Crippen molar-refractivity contribution in [2.24, 2.45) is 11.0 Å². The van der Waals surface area contributed by atoms with Crippen molar-refractivity contribution < 1.29 is 9.31 Å². The summed E-state index contributed by atoms with van der Waals surface area (Å²) in [5, 5.41) is 21.5. The Kier molecular flexibility index (Phi) is 4.01. The van der Waals surface area contributed by atoms with E-state index in [0.717, 1.165) is 22.5 Å². The maximum absolute atomic E-state index is 13.5. The van der Waals surface area contributed by atoms with Crippen molar-refractivity contribution in [2.45, 2.75) is 6.04 Å². The predicted molar refractivity (Wildman–Crippen MR) is 110 cm³/mol. The predicted octanol–water partition coefficient (Wildman–Crippen LogP) is 4.74. The van der Waals surface area contributed by atoms with Crippen molar-refractivity contribution in [1.29, 1.82) is 0 Å². The average Bonchev–Trinajstić information content (AvgIpc) is 3.14. The van der Waals surface area contributed by atoms with Crippen LogP contribution >= 0.6 is 0 Å². The Hall–Kier alpha value is -3.74. The Bertz CT molecular complexity index is 1120. The first-order valence-corrected chi connectivity index (χ1v) is 9.33. The first-order chi connectivity index (χ1) is 14.1. The molecule has 0 aliphatic carbocycles. The summed E-state index contributed by atoms with van der Waals surface area (Å²) in [4.78, 5) is 11.1. The number of hydrogen-bond acceptors (Lipinski definition) is 5. The minimum Gasteiger partial charge on any atom is -0.378 e. The molecule has 29 heavy (non-hydrogen) atoms. The molecule has 5 rings (SSSR count). The highest BCUT2D eigenvalue weighted by atomic mass is 19.1. The van der Waals surface area contributed by atoms with Gasteiger partial charge >= 0.3 is 0 Å². The monoisotopic (exact) mass is 388 g/mol. The lowest BCUT2D eigenvalue weighted by atomic mass is 9.83. The summed E-state index contributed by atoms with van der Waals surface area (Å²) in [5.41, 5.74) is 3.94. The SMILES string of the molecule is O=[N+]([O-])c1cccc2c1NCC1C2=NN(c2ccccc2)C1c1ccc(F)cc1. The molecule has 3 aromatic carbocycles. The minimum atomic E-state index is -0.381. The van der Waals surface area contributed by atoms with E-state index in [4.69, 9.17) is 5.10 Å². The van der Waals surface area contributed by atoms with E-state index in [9.17, 15) is 14.5 Å². The molecular formula is C22H17FN4O2. The quantitative estimate of drug-likeness (QED) is 0.520. The molecule has 7 heteroatoms. The topological polar surface area (TPSA) is 70.8 Å². The van der Waals surface area contributed by atoms with Crippen molar-refractivity contribution in [3.05, 3.63) is 99.9 Å². The average molecular weight is 388 g/mol. The first kappa shape index (κ1) is 17.4. The number of nitro groups is 1. The zero-order valence-corrected chi connectivity index (χ0v) is 15.3. The number of nitro benzene ring substituents is 1. The molecule has 2 aliphatic rings. The lowest BCUT2D eigenvalue weighted by Gasteiger charge is -2.31. The number of rotatable bonds is 3. The number of nitrogens with one attached hydrogen (secondary N) is 1. The van der Waals surface area contributed by atoms with Gasteiger partial charge in [0.15, 0.2) is 0 Å². The molecule has 0 bridgehead atoms. The largest absolute Gasteiger partial charge is 0.378 e.